The van der Waals surface area contributed by atoms with Crippen molar-refractivity contribution in [1.82, 2.24) is 14.5 Å². The van der Waals surface area contributed by atoms with Crippen molar-refractivity contribution in [2.45, 2.75) is 144 Å². The second-order valence-electron chi connectivity index (χ2n) is 22.3. The Bertz CT molecular complexity index is 2730. The number of benzene rings is 5. The molecule has 0 amide bonds. The molecule has 1 N–H and O–H groups in total. The molecule has 0 saturated heterocycles. The molecule has 0 unspecified atom stereocenters. The van der Waals surface area contributed by atoms with Crippen LogP contribution < -0.4 is 0 Å². The highest BCUT2D eigenvalue weighted by atomic mass is 16.3. The SMILES string of the molecule is CC(C)c1cccc(C(C)C)c1-n1c(-c2ccccc2O)nc2c(-c3cc(-c4cc(C(C)(C)C)cc(C(C)(C)C)c4)cc(-c4cc(C(C)(C)C)ccn4)c3)cc(C(C)(C)C)cc21. The van der Waals surface area contributed by atoms with Gasteiger partial charge in [0.25, 0.3) is 0 Å². The van der Waals surface area contributed by atoms with E-state index in [-0.39, 0.29) is 39.2 Å². The summed E-state index contributed by atoms with van der Waals surface area (Å²) < 4.78 is 2.36. The molecular formula is C58H69N3O. The first kappa shape index (κ1) is 44.6. The summed E-state index contributed by atoms with van der Waals surface area (Å²) in [4.78, 5) is 10.7. The number of rotatable bonds is 7. The molecule has 0 aliphatic carbocycles. The van der Waals surface area contributed by atoms with Crippen LogP contribution in [0.1, 0.15) is 156 Å². The summed E-state index contributed by atoms with van der Waals surface area (Å²) in [5, 5.41) is 11.6. The lowest BCUT2D eigenvalue weighted by Crippen LogP contribution is -2.16. The molecule has 0 bridgehead atoms. The van der Waals surface area contributed by atoms with E-state index in [1.807, 2.05) is 24.4 Å². The average Bonchev–Trinajstić information content (AvgIpc) is 3.57. The minimum absolute atomic E-state index is 0.0403. The molecule has 0 aliphatic heterocycles. The number of fused-ring (bicyclic) bond motifs is 1. The Morgan fingerprint density at radius 2 is 1.00 bits per heavy atom. The maximum absolute atomic E-state index is 11.6. The lowest BCUT2D eigenvalue weighted by molar-refractivity contribution is 0.477. The maximum atomic E-state index is 11.6. The van der Waals surface area contributed by atoms with E-state index in [9.17, 15) is 5.11 Å². The minimum Gasteiger partial charge on any atom is -0.507 e. The van der Waals surface area contributed by atoms with Gasteiger partial charge in [-0.2, -0.15) is 0 Å². The van der Waals surface area contributed by atoms with Gasteiger partial charge in [-0.05, 0) is 138 Å². The third kappa shape index (κ3) is 8.76. The van der Waals surface area contributed by atoms with Crippen LogP contribution in [-0.2, 0) is 21.7 Å². The van der Waals surface area contributed by atoms with Crippen LogP contribution in [0.15, 0.2) is 109 Å². The van der Waals surface area contributed by atoms with E-state index in [1.165, 1.54) is 38.9 Å². The Balaban J connectivity index is 1.67. The van der Waals surface area contributed by atoms with Crippen LogP contribution in [0.5, 0.6) is 5.75 Å². The zero-order valence-electron chi connectivity index (χ0n) is 40.3. The molecule has 2 heterocycles. The van der Waals surface area contributed by atoms with Gasteiger partial charge in [0.05, 0.1) is 28.0 Å². The number of nitrogens with zero attached hydrogens (tertiary/aromatic N) is 3. The first-order valence-corrected chi connectivity index (χ1v) is 22.6. The van der Waals surface area contributed by atoms with Crippen LogP contribution >= 0.6 is 0 Å². The van der Waals surface area contributed by atoms with Gasteiger partial charge < -0.3 is 5.11 Å². The molecule has 7 aromatic rings. The van der Waals surface area contributed by atoms with Crippen LogP contribution in [0.3, 0.4) is 0 Å². The third-order valence-electron chi connectivity index (χ3n) is 12.5. The summed E-state index contributed by atoms with van der Waals surface area (Å²) in [7, 11) is 0. The fraction of sp³-hybridized carbons (Fsp3) is 0.379. The van der Waals surface area contributed by atoms with Crippen molar-refractivity contribution in [3.63, 3.8) is 0 Å². The molecule has 4 heteroatoms. The zero-order chi connectivity index (χ0) is 45.3. The minimum atomic E-state index is -0.183. The summed E-state index contributed by atoms with van der Waals surface area (Å²) >= 11 is 0. The fourth-order valence-electron chi connectivity index (χ4n) is 8.48. The van der Waals surface area contributed by atoms with E-state index in [0.717, 1.165) is 50.5 Å². The number of aromatic nitrogens is 3. The van der Waals surface area contributed by atoms with Crippen LogP contribution in [0.25, 0.3) is 61.6 Å². The molecule has 5 aromatic carbocycles. The summed E-state index contributed by atoms with van der Waals surface area (Å²) in [6, 6.07) is 37.6. The number of aromatic hydroxyl groups is 1. The zero-order valence-corrected chi connectivity index (χ0v) is 40.3. The largest absolute Gasteiger partial charge is 0.507 e. The van der Waals surface area contributed by atoms with Gasteiger partial charge >= 0.3 is 0 Å². The van der Waals surface area contributed by atoms with Gasteiger partial charge in [-0.1, -0.05) is 159 Å². The van der Waals surface area contributed by atoms with Crippen molar-refractivity contribution in [3.05, 3.63) is 143 Å². The molecule has 322 valence electrons. The highest BCUT2D eigenvalue weighted by Crippen LogP contribution is 2.45. The van der Waals surface area contributed by atoms with Crippen LogP contribution in [-0.4, -0.2) is 19.6 Å². The predicted molar refractivity (Wildman–Crippen MR) is 265 cm³/mol. The lowest BCUT2D eigenvalue weighted by atomic mass is 9.78. The lowest BCUT2D eigenvalue weighted by Gasteiger charge is -2.26. The van der Waals surface area contributed by atoms with E-state index in [4.69, 9.17) is 9.97 Å². The molecule has 0 radical (unpaired) electrons. The molecule has 0 saturated carbocycles. The second kappa shape index (κ2) is 16.0. The predicted octanol–water partition coefficient (Wildman–Crippen LogP) is 16.2. The van der Waals surface area contributed by atoms with Crippen LogP contribution in [0.4, 0.5) is 0 Å². The van der Waals surface area contributed by atoms with Crippen molar-refractivity contribution >= 4 is 11.0 Å². The van der Waals surface area contributed by atoms with Crippen LogP contribution in [0, 0.1) is 0 Å². The average molecular weight is 824 g/mol. The Morgan fingerprint density at radius 3 is 1.55 bits per heavy atom. The summed E-state index contributed by atoms with van der Waals surface area (Å²) in [5.74, 6) is 1.43. The molecule has 62 heavy (non-hydrogen) atoms. The Morgan fingerprint density at radius 1 is 0.484 bits per heavy atom. The summed E-state index contributed by atoms with van der Waals surface area (Å²) in [6.45, 7) is 36.5. The quantitative estimate of drug-likeness (QED) is 0.174. The molecular weight excluding hydrogens is 755 g/mol. The van der Waals surface area contributed by atoms with Gasteiger partial charge in [-0.3, -0.25) is 9.55 Å². The number of para-hydroxylation sites is 2. The van der Waals surface area contributed by atoms with Crippen molar-refractivity contribution in [1.29, 1.82) is 0 Å². The number of phenols is 1. The Kier molecular flexibility index (Phi) is 11.5. The normalized spacial score (nSPS) is 12.9. The summed E-state index contributed by atoms with van der Waals surface area (Å²) in [6.07, 6.45) is 1.96. The first-order valence-electron chi connectivity index (χ1n) is 22.6. The number of phenolic OH excluding ortho intramolecular Hbond substituents is 1. The number of hydrogen-bond donors (Lipinski definition) is 1. The van der Waals surface area contributed by atoms with Crippen molar-refractivity contribution in [2.24, 2.45) is 0 Å². The molecule has 0 aliphatic rings. The first-order chi connectivity index (χ1) is 28.8. The molecule has 0 atom stereocenters. The number of imidazole rings is 1. The van der Waals surface area contributed by atoms with Gasteiger partial charge in [0.2, 0.25) is 0 Å². The van der Waals surface area contributed by atoms with Gasteiger partial charge in [-0.15, -0.1) is 0 Å². The van der Waals surface area contributed by atoms with Gasteiger partial charge in [-0.25, -0.2) is 4.98 Å². The van der Waals surface area contributed by atoms with Gasteiger partial charge in [0, 0.05) is 17.3 Å². The molecule has 2 aromatic heterocycles. The van der Waals surface area contributed by atoms with E-state index in [0.29, 0.717) is 5.56 Å². The van der Waals surface area contributed by atoms with E-state index < -0.39 is 0 Å². The third-order valence-corrected chi connectivity index (χ3v) is 12.5. The highest BCUT2D eigenvalue weighted by molar-refractivity contribution is 5.98. The molecule has 4 nitrogen and oxygen atoms in total. The standard InChI is InChI=1S/C58H69N3O/c1-35(2)45-21-19-22-46(36(3)4)53(45)61-50-34-44(58(14,15)16)32-48(52(50)60-54(61)47-20-17-18-23-51(47)62)39-26-37(27-40(28-39)49-33-41(24-25-59-49)55(5,6)7)38-29-42(56(8,9)10)31-43(30-38)57(11,12)13/h17-36,62H,1-16H3. The highest BCUT2D eigenvalue weighted by Gasteiger charge is 2.28. The van der Waals surface area contributed by atoms with Crippen LogP contribution in [0.2, 0.25) is 0 Å². The van der Waals surface area contributed by atoms with Gasteiger partial charge in [0.1, 0.15) is 11.6 Å². The smallest absolute Gasteiger partial charge is 0.149 e. The number of pyridine rings is 1. The fourth-order valence-corrected chi connectivity index (χ4v) is 8.48. The van der Waals surface area contributed by atoms with Gasteiger partial charge in [0.15, 0.2) is 0 Å². The monoisotopic (exact) mass is 824 g/mol. The topological polar surface area (TPSA) is 50.9 Å². The Hall–Kier alpha value is -5.48. The molecule has 7 rings (SSSR count). The molecule has 0 fully saturated rings. The van der Waals surface area contributed by atoms with E-state index in [1.54, 1.807) is 6.07 Å². The van der Waals surface area contributed by atoms with Crippen molar-refractivity contribution in [2.75, 3.05) is 0 Å². The second-order valence-corrected chi connectivity index (χ2v) is 22.3. The number of hydrogen-bond acceptors (Lipinski definition) is 3. The van der Waals surface area contributed by atoms with E-state index >= 15 is 0 Å². The molecule has 0 spiro atoms. The van der Waals surface area contributed by atoms with Crippen molar-refractivity contribution in [3.8, 4) is 56.3 Å². The van der Waals surface area contributed by atoms with E-state index in [2.05, 4.69) is 194 Å². The summed E-state index contributed by atoms with van der Waals surface area (Å²) in [5.41, 5.74) is 17.5. The van der Waals surface area contributed by atoms with Crippen molar-refractivity contribution < 1.29 is 5.11 Å². The Labute approximate surface area is 372 Å². The maximum Gasteiger partial charge on any atom is 0.149 e.